The molecule has 0 unspecified atom stereocenters. The lowest BCUT2D eigenvalue weighted by molar-refractivity contribution is 0.0928. The van der Waals surface area contributed by atoms with Crippen molar-refractivity contribution in [3.05, 3.63) is 34.7 Å². The van der Waals surface area contributed by atoms with E-state index in [9.17, 15) is 4.79 Å². The van der Waals surface area contributed by atoms with Crippen LogP contribution in [0.3, 0.4) is 0 Å². The summed E-state index contributed by atoms with van der Waals surface area (Å²) in [4.78, 5) is 11.4. The second-order valence-corrected chi connectivity index (χ2v) is 3.79. The topological polar surface area (TPSA) is 68.3 Å². The molecule has 0 aliphatic carbocycles. The smallest absolute Gasteiger partial charge is 0.287 e. The summed E-state index contributed by atoms with van der Waals surface area (Å²) in [5, 5.41) is 2.62. The minimum Gasteiger partial charge on any atom is -0.455 e. The Hall–Kier alpha value is -1.07. The maximum Gasteiger partial charge on any atom is 0.287 e. The van der Waals surface area contributed by atoms with Crippen LogP contribution in [-0.2, 0) is 6.54 Å². The van der Waals surface area contributed by atoms with Crippen LogP contribution in [-0.4, -0.2) is 12.5 Å². The van der Waals surface area contributed by atoms with Crippen LogP contribution in [0.2, 0.25) is 0 Å². The van der Waals surface area contributed by atoms with Crippen molar-refractivity contribution in [1.82, 2.24) is 5.32 Å². The molecule has 0 spiro atoms. The summed E-state index contributed by atoms with van der Waals surface area (Å²) in [6.07, 6.45) is 0. The summed E-state index contributed by atoms with van der Waals surface area (Å²) in [7, 11) is 0. The average Bonchev–Trinajstić information content (AvgIpc) is 2.62. The number of carbonyl (C=O) groups excluding carboxylic acids is 1. The van der Waals surface area contributed by atoms with E-state index in [4.69, 9.17) is 10.2 Å². The van der Waals surface area contributed by atoms with Crippen molar-refractivity contribution in [2.45, 2.75) is 6.54 Å². The first-order valence-electron chi connectivity index (χ1n) is 4.03. The maximum atomic E-state index is 11.4. The zero-order chi connectivity index (χ0) is 10.6. The maximum absolute atomic E-state index is 11.4. The van der Waals surface area contributed by atoms with Crippen molar-refractivity contribution in [2.24, 2.45) is 5.73 Å². The van der Waals surface area contributed by atoms with Gasteiger partial charge in [-0.15, -0.1) is 0 Å². The number of rotatable bonds is 4. The highest BCUT2D eigenvalue weighted by atomic mass is 79.9. The van der Waals surface area contributed by atoms with Gasteiger partial charge in [0.1, 0.15) is 5.76 Å². The van der Waals surface area contributed by atoms with E-state index in [2.05, 4.69) is 27.8 Å². The molecule has 4 nitrogen and oxygen atoms in total. The number of halogens is 1. The van der Waals surface area contributed by atoms with Gasteiger partial charge in [0.05, 0.1) is 6.54 Å². The normalized spacial score (nSPS) is 9.86. The van der Waals surface area contributed by atoms with E-state index in [0.717, 1.165) is 0 Å². The van der Waals surface area contributed by atoms with Crippen molar-refractivity contribution < 1.29 is 9.21 Å². The number of hydrogen-bond acceptors (Lipinski definition) is 3. The molecular formula is C9H11BrN2O2. The predicted molar refractivity (Wildman–Crippen MR) is 57.0 cm³/mol. The van der Waals surface area contributed by atoms with E-state index in [1.54, 1.807) is 12.1 Å². The Balaban J connectivity index is 2.56. The van der Waals surface area contributed by atoms with Gasteiger partial charge >= 0.3 is 0 Å². The third-order valence-electron chi connectivity index (χ3n) is 1.53. The van der Waals surface area contributed by atoms with Gasteiger partial charge in [-0.1, -0.05) is 22.5 Å². The van der Waals surface area contributed by atoms with Gasteiger partial charge in [-0.25, -0.2) is 0 Å². The Morgan fingerprint density at radius 1 is 1.64 bits per heavy atom. The molecule has 0 atom stereocenters. The van der Waals surface area contributed by atoms with E-state index < -0.39 is 0 Å². The quantitative estimate of drug-likeness (QED) is 0.858. The SMILES string of the molecule is C=C(Br)CNC(=O)c1ccc(CN)o1. The van der Waals surface area contributed by atoms with Gasteiger partial charge < -0.3 is 15.5 Å². The summed E-state index contributed by atoms with van der Waals surface area (Å²) >= 11 is 3.13. The van der Waals surface area contributed by atoms with Gasteiger partial charge in [0, 0.05) is 11.0 Å². The van der Waals surface area contributed by atoms with Crippen LogP contribution >= 0.6 is 15.9 Å². The fourth-order valence-corrected chi connectivity index (χ4v) is 1.01. The van der Waals surface area contributed by atoms with Crippen molar-refractivity contribution in [2.75, 3.05) is 6.54 Å². The number of nitrogens with one attached hydrogen (secondary N) is 1. The van der Waals surface area contributed by atoms with Crippen LogP contribution in [0.4, 0.5) is 0 Å². The highest BCUT2D eigenvalue weighted by Crippen LogP contribution is 2.07. The van der Waals surface area contributed by atoms with E-state index in [0.29, 0.717) is 23.3 Å². The average molecular weight is 259 g/mol. The van der Waals surface area contributed by atoms with E-state index in [1.807, 2.05) is 0 Å². The number of carbonyl (C=O) groups is 1. The molecule has 0 aliphatic heterocycles. The van der Waals surface area contributed by atoms with E-state index >= 15 is 0 Å². The van der Waals surface area contributed by atoms with Gasteiger partial charge in [0.25, 0.3) is 5.91 Å². The molecule has 14 heavy (non-hydrogen) atoms. The second-order valence-electron chi connectivity index (χ2n) is 2.67. The standard InChI is InChI=1S/C9H11BrN2O2/c1-6(10)5-12-9(13)8-3-2-7(4-11)14-8/h2-3H,1,4-5,11H2,(H,12,13). The Morgan fingerprint density at radius 2 is 2.36 bits per heavy atom. The van der Waals surface area contributed by atoms with Gasteiger partial charge in [0.2, 0.25) is 0 Å². The van der Waals surface area contributed by atoms with Crippen LogP contribution in [0.15, 0.2) is 27.6 Å². The van der Waals surface area contributed by atoms with Crippen LogP contribution in [0, 0.1) is 0 Å². The molecule has 76 valence electrons. The monoisotopic (exact) mass is 258 g/mol. The van der Waals surface area contributed by atoms with Crippen molar-refractivity contribution >= 4 is 21.8 Å². The van der Waals surface area contributed by atoms with E-state index in [-0.39, 0.29) is 11.7 Å². The zero-order valence-corrected chi connectivity index (χ0v) is 9.13. The zero-order valence-electron chi connectivity index (χ0n) is 7.55. The van der Waals surface area contributed by atoms with Crippen LogP contribution < -0.4 is 11.1 Å². The molecular weight excluding hydrogens is 248 g/mol. The third-order valence-corrected chi connectivity index (χ3v) is 1.81. The third kappa shape index (κ3) is 3.01. The number of hydrogen-bond donors (Lipinski definition) is 2. The fraction of sp³-hybridized carbons (Fsp3) is 0.222. The Kier molecular flexibility index (Phi) is 3.91. The molecule has 0 fully saturated rings. The Labute approximate surface area is 90.3 Å². The molecule has 0 radical (unpaired) electrons. The molecule has 5 heteroatoms. The van der Waals surface area contributed by atoms with Crippen LogP contribution in [0.25, 0.3) is 0 Å². The molecule has 1 heterocycles. The predicted octanol–water partition coefficient (Wildman–Crippen LogP) is 1.38. The molecule has 3 N–H and O–H groups in total. The van der Waals surface area contributed by atoms with Crippen molar-refractivity contribution in [3.8, 4) is 0 Å². The largest absolute Gasteiger partial charge is 0.455 e. The fourth-order valence-electron chi connectivity index (χ4n) is 0.873. The number of nitrogens with two attached hydrogens (primary N) is 1. The molecule has 1 aromatic rings. The van der Waals surface area contributed by atoms with Crippen molar-refractivity contribution in [1.29, 1.82) is 0 Å². The van der Waals surface area contributed by atoms with Crippen LogP contribution in [0.5, 0.6) is 0 Å². The van der Waals surface area contributed by atoms with Crippen LogP contribution in [0.1, 0.15) is 16.3 Å². The van der Waals surface area contributed by atoms with Gasteiger partial charge in [-0.3, -0.25) is 4.79 Å². The molecule has 1 amide bonds. The summed E-state index contributed by atoms with van der Waals surface area (Å²) in [5.74, 6) is 0.581. The molecule has 0 saturated heterocycles. The van der Waals surface area contributed by atoms with Gasteiger partial charge in [0.15, 0.2) is 5.76 Å². The van der Waals surface area contributed by atoms with Gasteiger partial charge in [-0.05, 0) is 12.1 Å². The molecule has 1 rings (SSSR count). The molecule has 0 aromatic carbocycles. The first kappa shape index (κ1) is 11.0. The lowest BCUT2D eigenvalue weighted by Gasteiger charge is -2.00. The second kappa shape index (κ2) is 4.97. The Bertz CT molecular complexity index is 346. The number of furan rings is 1. The lowest BCUT2D eigenvalue weighted by atomic mass is 10.4. The molecule has 0 aliphatic rings. The molecule has 0 saturated carbocycles. The minimum absolute atomic E-state index is 0.263. The van der Waals surface area contributed by atoms with Gasteiger partial charge in [-0.2, -0.15) is 0 Å². The molecule has 1 aromatic heterocycles. The first-order chi connectivity index (χ1) is 6.63. The van der Waals surface area contributed by atoms with E-state index in [1.165, 1.54) is 0 Å². The minimum atomic E-state index is -0.273. The first-order valence-corrected chi connectivity index (χ1v) is 4.83. The Morgan fingerprint density at radius 3 is 2.86 bits per heavy atom. The lowest BCUT2D eigenvalue weighted by Crippen LogP contribution is -2.23. The van der Waals surface area contributed by atoms with Crippen molar-refractivity contribution in [3.63, 3.8) is 0 Å². The highest BCUT2D eigenvalue weighted by molar-refractivity contribution is 9.11. The summed E-state index contributed by atoms with van der Waals surface area (Å²) < 4.78 is 5.85. The molecule has 0 bridgehead atoms. The summed E-state index contributed by atoms with van der Waals surface area (Å²) in [6.45, 7) is 4.26. The summed E-state index contributed by atoms with van der Waals surface area (Å²) in [5.41, 5.74) is 5.34. The summed E-state index contributed by atoms with van der Waals surface area (Å²) in [6, 6.07) is 3.27. The number of amides is 1. The highest BCUT2D eigenvalue weighted by Gasteiger charge is 2.09.